The minimum absolute atomic E-state index is 0.0778. The number of unbranched alkanes of at least 4 members (excludes halogenated alkanes) is 2. The molecule has 0 saturated heterocycles. The summed E-state index contributed by atoms with van der Waals surface area (Å²) < 4.78 is 0. The van der Waals surface area contributed by atoms with Gasteiger partial charge in [-0.2, -0.15) is 0 Å². The summed E-state index contributed by atoms with van der Waals surface area (Å²) in [5.74, 6) is 0.357. The number of H-pyrrole nitrogens is 1. The van der Waals surface area contributed by atoms with E-state index in [4.69, 9.17) is 33.3 Å². The molecule has 28 heavy (non-hydrogen) atoms. The van der Waals surface area contributed by atoms with Crippen LogP contribution < -0.4 is 4.90 Å². The van der Waals surface area contributed by atoms with Gasteiger partial charge in [0.2, 0.25) is 5.95 Å². The summed E-state index contributed by atoms with van der Waals surface area (Å²) in [4.78, 5) is 21.4. The first-order chi connectivity index (χ1) is 13.3. The lowest BCUT2D eigenvalue weighted by molar-refractivity contribution is -0.136. The van der Waals surface area contributed by atoms with E-state index in [-0.39, 0.29) is 6.42 Å². The molecule has 0 aliphatic carbocycles. The van der Waals surface area contributed by atoms with Gasteiger partial charge in [-0.05, 0) is 30.9 Å². The Morgan fingerprint density at radius 1 is 1.21 bits per heavy atom. The van der Waals surface area contributed by atoms with Crippen LogP contribution in [0, 0.1) is 5.92 Å². The summed E-state index contributed by atoms with van der Waals surface area (Å²) in [6.07, 6.45) is 4.12. The number of rotatable bonds is 11. The molecule has 5 nitrogen and oxygen atoms in total. The second-order valence-corrected chi connectivity index (χ2v) is 8.27. The average Bonchev–Trinajstić information content (AvgIpc) is 3.03. The largest absolute Gasteiger partial charge is 0.481 e. The van der Waals surface area contributed by atoms with Crippen LogP contribution in [0.25, 0.3) is 11.3 Å². The quantitative estimate of drug-likeness (QED) is 0.429. The van der Waals surface area contributed by atoms with Crippen LogP contribution in [-0.4, -0.2) is 34.1 Å². The second kappa shape index (κ2) is 10.7. The topological polar surface area (TPSA) is 69.2 Å². The highest BCUT2D eigenvalue weighted by Crippen LogP contribution is 2.32. The van der Waals surface area contributed by atoms with Gasteiger partial charge in [-0.15, -0.1) is 0 Å². The zero-order valence-corrected chi connectivity index (χ0v) is 18.3. The van der Waals surface area contributed by atoms with Crippen molar-refractivity contribution in [2.75, 3.05) is 18.0 Å². The Morgan fingerprint density at radius 2 is 1.96 bits per heavy atom. The van der Waals surface area contributed by atoms with Gasteiger partial charge in [-0.3, -0.25) is 4.79 Å². The number of aromatic amines is 1. The number of carboxylic acid groups (broad SMARTS) is 1. The van der Waals surface area contributed by atoms with Crippen molar-refractivity contribution in [2.45, 2.75) is 52.9 Å². The molecule has 0 saturated carbocycles. The molecule has 0 spiro atoms. The Labute approximate surface area is 177 Å². The molecule has 0 radical (unpaired) electrons. The predicted molar refractivity (Wildman–Crippen MR) is 117 cm³/mol. The predicted octanol–water partition coefficient (Wildman–Crippen LogP) is 6.05. The van der Waals surface area contributed by atoms with E-state index in [0.29, 0.717) is 28.5 Å². The molecule has 0 unspecified atom stereocenters. The van der Waals surface area contributed by atoms with Crippen molar-refractivity contribution in [3.8, 4) is 11.3 Å². The van der Waals surface area contributed by atoms with Crippen LogP contribution in [0.15, 0.2) is 18.2 Å². The summed E-state index contributed by atoms with van der Waals surface area (Å²) in [5, 5.41) is 10.1. The van der Waals surface area contributed by atoms with E-state index in [1.807, 2.05) is 17.0 Å². The lowest BCUT2D eigenvalue weighted by atomic mass is 10.0. The molecule has 0 bridgehead atoms. The molecule has 0 atom stereocenters. The van der Waals surface area contributed by atoms with Crippen LogP contribution in [0.3, 0.4) is 0 Å². The molecule has 1 heterocycles. The number of halogens is 2. The van der Waals surface area contributed by atoms with Crippen molar-refractivity contribution in [3.63, 3.8) is 0 Å². The fourth-order valence-electron chi connectivity index (χ4n) is 3.09. The Balaban J connectivity index is 2.38. The zero-order chi connectivity index (χ0) is 20.7. The highest BCUT2D eigenvalue weighted by molar-refractivity contribution is 6.42. The maximum atomic E-state index is 11.1. The van der Waals surface area contributed by atoms with Gasteiger partial charge in [0.1, 0.15) is 0 Å². The molecular formula is C21H29Cl2N3O2. The maximum absolute atomic E-state index is 11.1. The smallest absolute Gasteiger partial charge is 0.305 e. The van der Waals surface area contributed by atoms with E-state index < -0.39 is 5.97 Å². The van der Waals surface area contributed by atoms with Gasteiger partial charge in [0.25, 0.3) is 0 Å². The van der Waals surface area contributed by atoms with Gasteiger partial charge in [0, 0.05) is 24.3 Å². The number of nitrogens with one attached hydrogen (secondary N) is 1. The molecule has 2 aromatic rings. The number of hydrogen-bond acceptors (Lipinski definition) is 3. The Kier molecular flexibility index (Phi) is 8.64. The summed E-state index contributed by atoms with van der Waals surface area (Å²) in [5.41, 5.74) is 2.77. The maximum Gasteiger partial charge on any atom is 0.305 e. The molecule has 2 N–H and O–H groups in total. The summed E-state index contributed by atoms with van der Waals surface area (Å²) in [6.45, 7) is 7.66. The highest BCUT2D eigenvalue weighted by atomic mass is 35.5. The number of anilines is 1. The lowest BCUT2D eigenvalue weighted by Crippen LogP contribution is -2.28. The van der Waals surface area contributed by atoms with Crippen LogP contribution in [0.4, 0.5) is 5.95 Å². The number of hydrogen-bond donors (Lipinski definition) is 2. The molecule has 0 amide bonds. The molecule has 1 aromatic heterocycles. The minimum atomic E-state index is -0.806. The Morgan fingerprint density at radius 3 is 2.57 bits per heavy atom. The van der Waals surface area contributed by atoms with Gasteiger partial charge in [0.15, 0.2) is 0 Å². The Hall–Kier alpha value is -1.72. The molecule has 7 heteroatoms. The molecule has 2 rings (SSSR count). The van der Waals surface area contributed by atoms with Crippen LogP contribution in [0.2, 0.25) is 10.0 Å². The zero-order valence-electron chi connectivity index (χ0n) is 16.8. The second-order valence-electron chi connectivity index (χ2n) is 7.45. The first-order valence-corrected chi connectivity index (χ1v) is 10.6. The number of imidazole rings is 1. The van der Waals surface area contributed by atoms with Crippen molar-refractivity contribution in [3.05, 3.63) is 33.9 Å². The van der Waals surface area contributed by atoms with E-state index in [0.717, 1.165) is 49.2 Å². The van der Waals surface area contributed by atoms with E-state index >= 15 is 0 Å². The lowest BCUT2D eigenvalue weighted by Gasteiger charge is -2.21. The SMILES string of the molecule is CCCCCN(CCC(=O)O)c1nc(-c2ccc(Cl)c(Cl)c2)c(CC(C)C)[nH]1. The fraction of sp³-hybridized carbons (Fsp3) is 0.524. The van der Waals surface area contributed by atoms with E-state index in [2.05, 4.69) is 25.8 Å². The number of aromatic nitrogens is 2. The van der Waals surface area contributed by atoms with Gasteiger partial charge >= 0.3 is 5.97 Å². The average molecular weight is 426 g/mol. The fourth-order valence-corrected chi connectivity index (χ4v) is 3.39. The normalized spacial score (nSPS) is 11.2. The third-order valence-corrected chi connectivity index (χ3v) is 5.24. The third kappa shape index (κ3) is 6.42. The highest BCUT2D eigenvalue weighted by Gasteiger charge is 2.19. The third-order valence-electron chi connectivity index (χ3n) is 4.50. The van der Waals surface area contributed by atoms with Crippen LogP contribution in [-0.2, 0) is 11.2 Å². The number of carboxylic acids is 1. The van der Waals surface area contributed by atoms with Crippen molar-refractivity contribution < 1.29 is 9.90 Å². The first-order valence-electron chi connectivity index (χ1n) is 9.82. The first kappa shape index (κ1) is 22.6. The van der Waals surface area contributed by atoms with Gasteiger partial charge in [-0.1, -0.05) is 62.9 Å². The van der Waals surface area contributed by atoms with Crippen molar-refractivity contribution in [1.82, 2.24) is 9.97 Å². The molecule has 0 aliphatic rings. The van der Waals surface area contributed by atoms with Crippen molar-refractivity contribution in [1.29, 1.82) is 0 Å². The number of benzene rings is 1. The van der Waals surface area contributed by atoms with Gasteiger partial charge < -0.3 is 15.0 Å². The van der Waals surface area contributed by atoms with E-state index in [9.17, 15) is 4.79 Å². The minimum Gasteiger partial charge on any atom is -0.481 e. The molecule has 154 valence electrons. The number of carbonyl (C=O) groups is 1. The van der Waals surface area contributed by atoms with E-state index in [1.54, 1.807) is 6.07 Å². The van der Waals surface area contributed by atoms with E-state index in [1.165, 1.54) is 0 Å². The van der Waals surface area contributed by atoms with Gasteiger partial charge in [0.05, 0.1) is 22.2 Å². The molecule has 0 fully saturated rings. The number of nitrogens with zero attached hydrogens (tertiary/aromatic N) is 2. The van der Waals surface area contributed by atoms with Crippen LogP contribution in [0.5, 0.6) is 0 Å². The summed E-state index contributed by atoms with van der Waals surface area (Å²) in [7, 11) is 0. The van der Waals surface area contributed by atoms with Crippen molar-refractivity contribution in [2.24, 2.45) is 5.92 Å². The number of aliphatic carboxylic acids is 1. The molecule has 0 aliphatic heterocycles. The van der Waals surface area contributed by atoms with Crippen LogP contribution in [0.1, 0.15) is 52.1 Å². The van der Waals surface area contributed by atoms with Gasteiger partial charge in [-0.25, -0.2) is 4.98 Å². The molecular weight excluding hydrogens is 397 g/mol. The summed E-state index contributed by atoms with van der Waals surface area (Å²) in [6, 6.07) is 5.51. The Bertz CT molecular complexity index is 790. The molecule has 1 aromatic carbocycles. The van der Waals surface area contributed by atoms with Crippen LogP contribution >= 0.6 is 23.2 Å². The summed E-state index contributed by atoms with van der Waals surface area (Å²) >= 11 is 12.3. The van der Waals surface area contributed by atoms with Crippen molar-refractivity contribution >= 4 is 35.1 Å². The standard InChI is InChI=1S/C21H29Cl2N3O2/c1-4-5-6-10-26(11-9-19(27)28)21-24-18(12-14(2)3)20(25-21)15-7-8-16(22)17(23)13-15/h7-8,13-14H,4-6,9-12H2,1-3H3,(H,24,25)(H,27,28). The monoisotopic (exact) mass is 425 g/mol.